The summed E-state index contributed by atoms with van der Waals surface area (Å²) in [5.41, 5.74) is 0. The average molecular weight is 277 g/mol. The van der Waals surface area contributed by atoms with Crippen molar-refractivity contribution in [2.24, 2.45) is 5.92 Å². The molecule has 1 N–H and O–H groups in total. The first kappa shape index (κ1) is 15.4. The normalized spacial score (nSPS) is 24.8. The highest BCUT2D eigenvalue weighted by atomic mass is 32.2. The molecule has 5 nitrogen and oxygen atoms in total. The zero-order valence-electron chi connectivity index (χ0n) is 11.1. The van der Waals surface area contributed by atoms with E-state index in [-0.39, 0.29) is 17.6 Å². The Morgan fingerprint density at radius 1 is 1.28 bits per heavy atom. The van der Waals surface area contributed by atoms with Gasteiger partial charge in [-0.05, 0) is 38.6 Å². The third kappa shape index (κ3) is 5.82. The Morgan fingerprint density at radius 3 is 2.39 bits per heavy atom. The molecule has 0 saturated heterocycles. The zero-order chi connectivity index (χ0) is 13.6. The van der Waals surface area contributed by atoms with E-state index in [9.17, 15) is 13.2 Å². The summed E-state index contributed by atoms with van der Waals surface area (Å²) in [6, 6.07) is 0.408. The summed E-state index contributed by atoms with van der Waals surface area (Å²) in [5.74, 6) is 0.173. The van der Waals surface area contributed by atoms with Gasteiger partial charge in [-0.2, -0.15) is 0 Å². The molecule has 6 heteroatoms. The van der Waals surface area contributed by atoms with Crippen LogP contribution in [0.2, 0.25) is 0 Å². The van der Waals surface area contributed by atoms with Crippen molar-refractivity contribution in [1.29, 1.82) is 0 Å². The molecule has 0 amide bonds. The number of hydrogen-bond donors (Lipinski definition) is 1. The van der Waals surface area contributed by atoms with E-state index in [2.05, 4.69) is 5.32 Å². The molecular weight excluding hydrogens is 254 g/mol. The van der Waals surface area contributed by atoms with Crippen LogP contribution in [0.4, 0.5) is 0 Å². The van der Waals surface area contributed by atoms with Crippen molar-refractivity contribution in [3.63, 3.8) is 0 Å². The molecule has 0 spiro atoms. The molecule has 18 heavy (non-hydrogen) atoms. The number of sulfone groups is 1. The van der Waals surface area contributed by atoms with Crippen molar-refractivity contribution >= 4 is 15.8 Å². The van der Waals surface area contributed by atoms with Crippen LogP contribution < -0.4 is 5.32 Å². The fourth-order valence-electron chi connectivity index (χ4n) is 2.34. The molecule has 106 valence electrons. The summed E-state index contributed by atoms with van der Waals surface area (Å²) in [5, 5.41) is 3.36. The molecule has 0 aromatic rings. The number of carbonyl (C=O) groups is 1. The lowest BCUT2D eigenvalue weighted by atomic mass is 9.86. The van der Waals surface area contributed by atoms with E-state index < -0.39 is 9.84 Å². The lowest BCUT2D eigenvalue weighted by molar-refractivity contribution is -0.146. The maximum Gasteiger partial charge on any atom is 0.308 e. The van der Waals surface area contributed by atoms with Gasteiger partial charge >= 0.3 is 5.97 Å². The lowest BCUT2D eigenvalue weighted by Crippen LogP contribution is -2.36. The Morgan fingerprint density at radius 2 is 1.89 bits per heavy atom. The third-order valence-corrected chi connectivity index (χ3v) is 4.42. The van der Waals surface area contributed by atoms with E-state index in [4.69, 9.17) is 4.74 Å². The van der Waals surface area contributed by atoms with Gasteiger partial charge in [0.25, 0.3) is 0 Å². The van der Waals surface area contributed by atoms with Crippen LogP contribution in [-0.2, 0) is 19.4 Å². The fourth-order valence-corrected chi connectivity index (χ4v) is 3.01. The summed E-state index contributed by atoms with van der Waals surface area (Å²) in [6.07, 6.45) is 5.54. The predicted molar refractivity (Wildman–Crippen MR) is 70.1 cm³/mol. The van der Waals surface area contributed by atoms with Gasteiger partial charge in [0, 0.05) is 12.3 Å². The second-order valence-corrected chi connectivity index (χ2v) is 7.27. The Kier molecular flexibility index (Phi) is 6.08. The van der Waals surface area contributed by atoms with Crippen LogP contribution in [-0.4, -0.2) is 46.1 Å². The Bertz CT molecular complexity index is 358. The number of methoxy groups -OCH3 is 1. The number of carbonyl (C=O) groups excluding carboxylic acids is 1. The average Bonchev–Trinajstić information content (AvgIpc) is 2.33. The van der Waals surface area contributed by atoms with Crippen molar-refractivity contribution in [2.45, 2.75) is 38.1 Å². The van der Waals surface area contributed by atoms with Gasteiger partial charge in [0.05, 0.1) is 18.8 Å². The first-order valence-corrected chi connectivity index (χ1v) is 8.47. The molecule has 1 aliphatic carbocycles. The largest absolute Gasteiger partial charge is 0.469 e. The molecule has 0 aromatic heterocycles. The molecule has 1 saturated carbocycles. The quantitative estimate of drug-likeness (QED) is 0.573. The van der Waals surface area contributed by atoms with E-state index in [1.54, 1.807) is 0 Å². The molecule has 1 aliphatic rings. The zero-order valence-corrected chi connectivity index (χ0v) is 12.0. The van der Waals surface area contributed by atoms with E-state index in [0.29, 0.717) is 12.5 Å². The van der Waals surface area contributed by atoms with E-state index >= 15 is 0 Å². The molecule has 0 aliphatic heterocycles. The second-order valence-electron chi connectivity index (χ2n) is 5.01. The van der Waals surface area contributed by atoms with Crippen molar-refractivity contribution in [1.82, 2.24) is 5.32 Å². The smallest absolute Gasteiger partial charge is 0.308 e. The van der Waals surface area contributed by atoms with Gasteiger partial charge in [0.2, 0.25) is 0 Å². The van der Waals surface area contributed by atoms with E-state index in [1.165, 1.54) is 13.4 Å². The van der Waals surface area contributed by atoms with Gasteiger partial charge in [-0.25, -0.2) is 8.42 Å². The molecule has 0 radical (unpaired) electrons. The minimum atomic E-state index is -2.85. The van der Waals surface area contributed by atoms with Crippen molar-refractivity contribution in [3.05, 3.63) is 0 Å². The van der Waals surface area contributed by atoms with Gasteiger partial charge in [0.15, 0.2) is 0 Å². The topological polar surface area (TPSA) is 72.5 Å². The van der Waals surface area contributed by atoms with Gasteiger partial charge in [-0.3, -0.25) is 4.79 Å². The van der Waals surface area contributed by atoms with Crippen molar-refractivity contribution < 1.29 is 17.9 Å². The Hall–Kier alpha value is -0.620. The summed E-state index contributed by atoms with van der Waals surface area (Å²) in [7, 11) is -1.42. The first-order valence-electron chi connectivity index (χ1n) is 6.41. The predicted octanol–water partition coefficient (Wildman–Crippen LogP) is 0.742. The van der Waals surface area contributed by atoms with Crippen LogP contribution >= 0.6 is 0 Å². The third-order valence-electron chi connectivity index (χ3n) is 3.39. The fraction of sp³-hybridized carbons (Fsp3) is 0.917. The lowest BCUT2D eigenvalue weighted by Gasteiger charge is -2.27. The van der Waals surface area contributed by atoms with Crippen molar-refractivity contribution in [2.75, 3.05) is 25.7 Å². The number of ether oxygens (including phenoxy) is 1. The minimum Gasteiger partial charge on any atom is -0.469 e. The van der Waals surface area contributed by atoms with Crippen LogP contribution in [0.25, 0.3) is 0 Å². The monoisotopic (exact) mass is 277 g/mol. The Balaban J connectivity index is 2.14. The summed E-state index contributed by atoms with van der Waals surface area (Å²) in [4.78, 5) is 11.3. The molecule has 0 atom stereocenters. The SMILES string of the molecule is COC(=O)C1CCC(NCCCS(C)(=O)=O)CC1. The summed E-state index contributed by atoms with van der Waals surface area (Å²) < 4.78 is 26.6. The highest BCUT2D eigenvalue weighted by Crippen LogP contribution is 2.25. The molecule has 1 rings (SSSR count). The summed E-state index contributed by atoms with van der Waals surface area (Å²) in [6.45, 7) is 0.723. The number of hydrogen-bond acceptors (Lipinski definition) is 5. The highest BCUT2D eigenvalue weighted by Gasteiger charge is 2.26. The maximum atomic E-state index is 11.3. The molecule has 1 fully saturated rings. The molecule has 0 aromatic carbocycles. The van der Waals surface area contributed by atoms with Crippen LogP contribution in [0.15, 0.2) is 0 Å². The van der Waals surface area contributed by atoms with Crippen LogP contribution in [0.1, 0.15) is 32.1 Å². The van der Waals surface area contributed by atoms with Gasteiger partial charge in [0.1, 0.15) is 9.84 Å². The van der Waals surface area contributed by atoms with Gasteiger partial charge in [-0.1, -0.05) is 0 Å². The highest BCUT2D eigenvalue weighted by molar-refractivity contribution is 7.90. The van der Waals surface area contributed by atoms with Crippen LogP contribution in [0.3, 0.4) is 0 Å². The molecule has 0 bridgehead atoms. The maximum absolute atomic E-state index is 11.3. The van der Waals surface area contributed by atoms with Crippen LogP contribution in [0.5, 0.6) is 0 Å². The van der Waals surface area contributed by atoms with Gasteiger partial charge < -0.3 is 10.1 Å². The number of nitrogens with one attached hydrogen (secondary N) is 1. The molecular formula is C12H23NO4S. The Labute approximate surface area is 109 Å². The van der Waals surface area contributed by atoms with Crippen LogP contribution in [0, 0.1) is 5.92 Å². The second kappa shape index (κ2) is 7.09. The molecule has 0 heterocycles. The standard InChI is InChI=1S/C12H23NO4S/c1-17-12(14)10-4-6-11(7-5-10)13-8-3-9-18(2,15)16/h10-11,13H,3-9H2,1-2H3. The minimum absolute atomic E-state index is 0.0454. The number of esters is 1. The van der Waals surface area contributed by atoms with E-state index in [1.807, 2.05) is 0 Å². The van der Waals surface area contributed by atoms with Crippen molar-refractivity contribution in [3.8, 4) is 0 Å². The number of rotatable bonds is 6. The first-order chi connectivity index (χ1) is 8.42. The van der Waals surface area contributed by atoms with E-state index in [0.717, 1.165) is 32.2 Å². The molecule has 0 unspecified atom stereocenters. The summed E-state index contributed by atoms with van der Waals surface area (Å²) >= 11 is 0. The van der Waals surface area contributed by atoms with Gasteiger partial charge in [-0.15, -0.1) is 0 Å².